The number of ether oxygens (including phenoxy) is 1. The summed E-state index contributed by atoms with van der Waals surface area (Å²) in [6, 6.07) is 17.8. The molecule has 21 heavy (non-hydrogen) atoms. The quantitative estimate of drug-likeness (QED) is 0.712. The van der Waals surface area contributed by atoms with Gasteiger partial charge in [-0.05, 0) is 18.6 Å². The van der Waals surface area contributed by atoms with E-state index in [1.165, 1.54) is 0 Å². The topological polar surface area (TPSA) is 42.1 Å². The molecule has 0 fully saturated rings. The maximum Gasteiger partial charge on any atom is 0.311 e. The van der Waals surface area contributed by atoms with Crippen LogP contribution in [0.4, 0.5) is 0 Å². The van der Waals surface area contributed by atoms with Gasteiger partial charge in [-0.3, -0.25) is 4.79 Å². The molecule has 0 saturated carbocycles. The van der Waals surface area contributed by atoms with Crippen molar-refractivity contribution < 1.29 is 9.53 Å². The third-order valence-electron chi connectivity index (χ3n) is 3.39. The van der Waals surface area contributed by atoms with Gasteiger partial charge in [0.1, 0.15) is 0 Å². The summed E-state index contributed by atoms with van der Waals surface area (Å²) >= 11 is 0. The number of hydrogen-bond acceptors (Lipinski definition) is 2. The van der Waals surface area contributed by atoms with Crippen LogP contribution in [0.2, 0.25) is 0 Å². The molecule has 0 amide bonds. The average Bonchev–Trinajstić information content (AvgIpc) is 2.87. The van der Waals surface area contributed by atoms with Crippen molar-refractivity contribution in [2.75, 3.05) is 0 Å². The number of carbonyl (C=O) groups excluding carboxylic acids is 1. The van der Waals surface area contributed by atoms with Gasteiger partial charge in [-0.2, -0.15) is 0 Å². The molecule has 3 nitrogen and oxygen atoms in total. The molecule has 0 aliphatic rings. The first-order chi connectivity index (χ1) is 10.3. The van der Waals surface area contributed by atoms with Crippen molar-refractivity contribution >= 4 is 16.9 Å². The molecule has 3 aromatic rings. The molecule has 3 rings (SSSR count). The van der Waals surface area contributed by atoms with Crippen LogP contribution in [0.25, 0.3) is 22.2 Å². The summed E-state index contributed by atoms with van der Waals surface area (Å²) in [5, 5.41) is 0.931. The molecule has 0 aliphatic carbocycles. The number of rotatable bonds is 4. The number of benzene rings is 2. The van der Waals surface area contributed by atoms with E-state index in [1.807, 2.05) is 61.5 Å². The first-order valence-electron chi connectivity index (χ1n) is 7.16. The molecule has 1 N–H and O–H groups in total. The van der Waals surface area contributed by atoms with E-state index >= 15 is 0 Å². The molecule has 0 radical (unpaired) electrons. The van der Waals surface area contributed by atoms with Gasteiger partial charge in [0, 0.05) is 22.9 Å². The highest BCUT2D eigenvalue weighted by molar-refractivity contribution is 5.96. The van der Waals surface area contributed by atoms with Gasteiger partial charge in [0.25, 0.3) is 0 Å². The standard InChI is InChI=1S/C18H17NO2/c1-2-8-16(20)21-18-14-11-6-7-12-15(14)19-17(18)13-9-4-3-5-10-13/h3-7,9-12,19H,2,8H2,1H3. The Morgan fingerprint density at radius 2 is 1.76 bits per heavy atom. The summed E-state index contributed by atoms with van der Waals surface area (Å²) in [5.74, 6) is 0.426. The second kappa shape index (κ2) is 5.83. The Morgan fingerprint density at radius 1 is 1.05 bits per heavy atom. The average molecular weight is 279 g/mol. The first kappa shape index (κ1) is 13.4. The molecule has 1 heterocycles. The van der Waals surface area contributed by atoms with E-state index in [0.717, 1.165) is 28.6 Å². The zero-order valence-corrected chi connectivity index (χ0v) is 11.9. The molecule has 0 saturated heterocycles. The molecular weight excluding hydrogens is 262 g/mol. The smallest absolute Gasteiger partial charge is 0.311 e. The van der Waals surface area contributed by atoms with Crippen LogP contribution in [0.1, 0.15) is 19.8 Å². The van der Waals surface area contributed by atoms with Crippen molar-refractivity contribution in [3.63, 3.8) is 0 Å². The van der Waals surface area contributed by atoms with Crippen molar-refractivity contribution in [3.05, 3.63) is 54.6 Å². The number of nitrogens with one attached hydrogen (secondary N) is 1. The Balaban J connectivity index is 2.12. The highest BCUT2D eigenvalue weighted by Crippen LogP contribution is 2.37. The molecular formula is C18H17NO2. The highest BCUT2D eigenvalue weighted by atomic mass is 16.5. The number of fused-ring (bicyclic) bond motifs is 1. The van der Waals surface area contributed by atoms with Crippen LogP contribution < -0.4 is 4.74 Å². The van der Waals surface area contributed by atoms with Gasteiger partial charge in [-0.1, -0.05) is 49.4 Å². The van der Waals surface area contributed by atoms with E-state index in [2.05, 4.69) is 4.98 Å². The van der Waals surface area contributed by atoms with E-state index in [-0.39, 0.29) is 5.97 Å². The highest BCUT2D eigenvalue weighted by Gasteiger charge is 2.16. The minimum Gasteiger partial charge on any atom is -0.424 e. The van der Waals surface area contributed by atoms with Crippen molar-refractivity contribution in [2.24, 2.45) is 0 Å². The molecule has 3 heteroatoms. The number of H-pyrrole nitrogens is 1. The molecule has 0 atom stereocenters. The predicted molar refractivity (Wildman–Crippen MR) is 84.3 cm³/mol. The largest absolute Gasteiger partial charge is 0.424 e. The lowest BCUT2D eigenvalue weighted by Crippen LogP contribution is -2.07. The Bertz CT molecular complexity index is 759. The van der Waals surface area contributed by atoms with Crippen molar-refractivity contribution in [3.8, 4) is 17.0 Å². The van der Waals surface area contributed by atoms with E-state index in [0.29, 0.717) is 12.2 Å². The second-order valence-corrected chi connectivity index (χ2v) is 4.96. The molecule has 106 valence electrons. The first-order valence-corrected chi connectivity index (χ1v) is 7.16. The Kier molecular flexibility index (Phi) is 3.73. The van der Waals surface area contributed by atoms with Gasteiger partial charge >= 0.3 is 5.97 Å². The van der Waals surface area contributed by atoms with E-state index in [1.54, 1.807) is 0 Å². The normalized spacial score (nSPS) is 10.7. The number of carbonyl (C=O) groups is 1. The van der Waals surface area contributed by atoms with Crippen LogP contribution in [0, 0.1) is 0 Å². The predicted octanol–water partition coefficient (Wildman–Crippen LogP) is 4.54. The fourth-order valence-corrected chi connectivity index (χ4v) is 2.40. The third kappa shape index (κ3) is 2.68. The lowest BCUT2D eigenvalue weighted by atomic mass is 10.1. The van der Waals surface area contributed by atoms with Crippen LogP contribution >= 0.6 is 0 Å². The number of aromatic nitrogens is 1. The molecule has 1 aromatic heterocycles. The minimum absolute atomic E-state index is 0.195. The minimum atomic E-state index is -0.195. The van der Waals surface area contributed by atoms with Crippen LogP contribution in [0.15, 0.2) is 54.6 Å². The van der Waals surface area contributed by atoms with E-state index < -0.39 is 0 Å². The molecule has 0 aliphatic heterocycles. The van der Waals surface area contributed by atoms with Gasteiger partial charge in [0.2, 0.25) is 0 Å². The maximum atomic E-state index is 11.9. The summed E-state index contributed by atoms with van der Waals surface area (Å²) < 4.78 is 5.62. The molecule has 0 unspecified atom stereocenters. The van der Waals surface area contributed by atoms with E-state index in [4.69, 9.17) is 4.74 Å². The summed E-state index contributed by atoms with van der Waals surface area (Å²) in [7, 11) is 0. The van der Waals surface area contributed by atoms with Crippen LogP contribution in [0.3, 0.4) is 0 Å². The van der Waals surface area contributed by atoms with Crippen molar-refractivity contribution in [1.82, 2.24) is 4.98 Å². The lowest BCUT2D eigenvalue weighted by molar-refractivity contribution is -0.134. The Morgan fingerprint density at radius 3 is 2.52 bits per heavy atom. The van der Waals surface area contributed by atoms with Crippen LogP contribution in [-0.4, -0.2) is 11.0 Å². The van der Waals surface area contributed by atoms with Crippen molar-refractivity contribution in [2.45, 2.75) is 19.8 Å². The summed E-state index contributed by atoms with van der Waals surface area (Å²) in [6.45, 7) is 1.97. The van der Waals surface area contributed by atoms with Gasteiger partial charge in [0.15, 0.2) is 5.75 Å². The summed E-state index contributed by atoms with van der Waals surface area (Å²) in [4.78, 5) is 15.3. The maximum absolute atomic E-state index is 11.9. The number of para-hydroxylation sites is 1. The second-order valence-electron chi connectivity index (χ2n) is 4.96. The number of hydrogen-bond donors (Lipinski definition) is 1. The molecule has 0 bridgehead atoms. The lowest BCUT2D eigenvalue weighted by Gasteiger charge is -2.06. The summed E-state index contributed by atoms with van der Waals surface area (Å²) in [5.41, 5.74) is 2.82. The fourth-order valence-electron chi connectivity index (χ4n) is 2.40. The number of esters is 1. The Labute approximate surface area is 123 Å². The van der Waals surface area contributed by atoms with E-state index in [9.17, 15) is 4.79 Å². The van der Waals surface area contributed by atoms with Gasteiger partial charge in [0.05, 0.1) is 5.69 Å². The van der Waals surface area contributed by atoms with Gasteiger partial charge in [-0.15, -0.1) is 0 Å². The molecule has 0 spiro atoms. The zero-order chi connectivity index (χ0) is 14.7. The summed E-state index contributed by atoms with van der Waals surface area (Å²) in [6.07, 6.45) is 1.20. The van der Waals surface area contributed by atoms with Gasteiger partial charge in [-0.25, -0.2) is 0 Å². The van der Waals surface area contributed by atoms with Crippen molar-refractivity contribution in [1.29, 1.82) is 0 Å². The van der Waals surface area contributed by atoms with Gasteiger partial charge < -0.3 is 9.72 Å². The Hall–Kier alpha value is -2.55. The SMILES string of the molecule is CCCC(=O)Oc1c(-c2ccccc2)[nH]c2ccccc12. The van der Waals surface area contributed by atoms with Crippen LogP contribution in [-0.2, 0) is 4.79 Å². The zero-order valence-electron chi connectivity index (χ0n) is 11.9. The van der Waals surface area contributed by atoms with Crippen LogP contribution in [0.5, 0.6) is 5.75 Å². The fraction of sp³-hybridized carbons (Fsp3) is 0.167. The monoisotopic (exact) mass is 279 g/mol. The molecule has 2 aromatic carbocycles. The number of aromatic amines is 1. The third-order valence-corrected chi connectivity index (χ3v) is 3.39.